The molecule has 0 aliphatic carbocycles. The van der Waals surface area contributed by atoms with E-state index >= 15 is 0 Å². The zero-order valence-electron chi connectivity index (χ0n) is 21.6. The largest absolute Gasteiger partial charge is 0.480 e. The summed E-state index contributed by atoms with van der Waals surface area (Å²) in [6.45, 7) is 0.312. The molecule has 1 atom stereocenters. The van der Waals surface area contributed by atoms with E-state index in [1.165, 1.54) is 4.90 Å². The molecule has 0 aliphatic heterocycles. The van der Waals surface area contributed by atoms with Crippen molar-refractivity contribution in [3.63, 3.8) is 0 Å². The number of amides is 5. The fourth-order valence-corrected chi connectivity index (χ4v) is 4.12. The number of urea groups is 2. The number of carboxylic acid groups (broad SMARTS) is 1. The molecule has 0 aromatic heterocycles. The average Bonchev–Trinajstić information content (AvgIpc) is 2.93. The van der Waals surface area contributed by atoms with Crippen molar-refractivity contribution < 1.29 is 24.3 Å². The van der Waals surface area contributed by atoms with Crippen molar-refractivity contribution in [2.45, 2.75) is 38.5 Å². The zero-order valence-corrected chi connectivity index (χ0v) is 21.6. The Hall–Kier alpha value is -4.64. The van der Waals surface area contributed by atoms with Gasteiger partial charge in [-0.2, -0.15) is 0 Å². The quantitative estimate of drug-likeness (QED) is 0.195. The van der Waals surface area contributed by atoms with Crippen LogP contribution in [0.2, 0.25) is 0 Å². The molecule has 206 valence electrons. The van der Waals surface area contributed by atoms with E-state index in [-0.39, 0.29) is 26.1 Å². The topological polar surface area (TPSA) is 180 Å². The van der Waals surface area contributed by atoms with E-state index < -0.39 is 36.5 Å². The Kier molecular flexibility index (Phi) is 10.6. The zero-order chi connectivity index (χ0) is 28.2. The number of hydrogen-bond acceptors (Lipinski definition) is 5. The number of nitrogens with zero attached hydrogens (tertiary/aromatic N) is 1. The molecule has 8 N–H and O–H groups in total. The molecular formula is C28H34N6O5. The molecule has 11 heteroatoms. The Balaban J connectivity index is 1.81. The molecule has 3 aromatic rings. The van der Waals surface area contributed by atoms with Crippen molar-refractivity contribution >= 4 is 34.7 Å². The smallest absolute Gasteiger partial charge is 0.322 e. The highest BCUT2D eigenvalue weighted by molar-refractivity contribution is 5.89. The first-order valence-electron chi connectivity index (χ1n) is 12.6. The van der Waals surface area contributed by atoms with Gasteiger partial charge in [0.15, 0.2) is 0 Å². The van der Waals surface area contributed by atoms with Crippen LogP contribution in [0.4, 0.5) is 9.59 Å². The predicted octanol–water partition coefficient (Wildman–Crippen LogP) is 2.03. The Morgan fingerprint density at radius 2 is 1.46 bits per heavy atom. The minimum absolute atomic E-state index is 0.0861. The monoisotopic (exact) mass is 534 g/mol. The summed E-state index contributed by atoms with van der Waals surface area (Å²) >= 11 is 0. The van der Waals surface area contributed by atoms with Crippen LogP contribution in [0.1, 0.15) is 29.5 Å². The van der Waals surface area contributed by atoms with Crippen LogP contribution in [0.25, 0.3) is 10.8 Å². The van der Waals surface area contributed by atoms with Crippen LogP contribution in [0.3, 0.4) is 0 Å². The van der Waals surface area contributed by atoms with Crippen LogP contribution in [0.15, 0.2) is 66.7 Å². The van der Waals surface area contributed by atoms with Gasteiger partial charge in [-0.15, -0.1) is 0 Å². The molecule has 11 nitrogen and oxygen atoms in total. The predicted molar refractivity (Wildman–Crippen MR) is 147 cm³/mol. The minimum atomic E-state index is -1.19. The number of carbonyl (C=O) groups is 4. The summed E-state index contributed by atoms with van der Waals surface area (Å²) in [5.74, 6) is -1.76. The van der Waals surface area contributed by atoms with Gasteiger partial charge in [0.25, 0.3) is 0 Å². The van der Waals surface area contributed by atoms with Gasteiger partial charge in [0, 0.05) is 19.6 Å². The maximum absolute atomic E-state index is 13.5. The SMILES string of the molecule is NCCC[C@H](C(=O)NCC(=O)O)N(Cc1ccc(CNC(N)=O)cc1)C(=O)NCc1ccc2ccccc2c1. The first kappa shape index (κ1) is 28.9. The number of primary amides is 1. The number of carbonyl (C=O) groups excluding carboxylic acids is 3. The number of nitrogens with two attached hydrogens (primary N) is 2. The van der Waals surface area contributed by atoms with E-state index in [1.54, 1.807) is 24.3 Å². The molecule has 0 spiro atoms. The lowest BCUT2D eigenvalue weighted by atomic mass is 10.1. The average molecular weight is 535 g/mol. The summed E-state index contributed by atoms with van der Waals surface area (Å²) in [7, 11) is 0. The van der Waals surface area contributed by atoms with Gasteiger partial charge in [-0.25, -0.2) is 9.59 Å². The second-order valence-electron chi connectivity index (χ2n) is 9.06. The molecule has 0 radical (unpaired) electrons. The van der Waals surface area contributed by atoms with Gasteiger partial charge in [0.1, 0.15) is 12.6 Å². The normalized spacial score (nSPS) is 11.4. The van der Waals surface area contributed by atoms with Gasteiger partial charge in [0.2, 0.25) is 5.91 Å². The first-order valence-corrected chi connectivity index (χ1v) is 12.6. The number of nitrogens with one attached hydrogen (secondary N) is 3. The third kappa shape index (κ3) is 9.00. The highest BCUT2D eigenvalue weighted by Gasteiger charge is 2.30. The Bertz CT molecular complexity index is 1300. The fourth-order valence-electron chi connectivity index (χ4n) is 4.12. The van der Waals surface area contributed by atoms with E-state index in [1.807, 2.05) is 42.5 Å². The molecule has 0 aliphatic rings. The summed E-state index contributed by atoms with van der Waals surface area (Å²) in [4.78, 5) is 50.0. The van der Waals surface area contributed by atoms with Crippen molar-refractivity contribution in [1.82, 2.24) is 20.9 Å². The van der Waals surface area contributed by atoms with Gasteiger partial charge < -0.3 is 37.4 Å². The standard InChI is InChI=1S/C28H34N6O5/c29-13-3-6-24(26(37)31-17-25(35)36)34(18-20-9-7-19(8-10-20)15-32-27(30)38)28(39)33-16-21-11-12-22-4-1-2-5-23(22)14-21/h1-2,4-5,7-12,14,24H,3,6,13,15-18,29H2,(H,31,37)(H,33,39)(H,35,36)(H3,30,32,38)/t24-/m1/s1. The number of benzene rings is 3. The van der Waals surface area contributed by atoms with Crippen molar-refractivity contribution in [3.8, 4) is 0 Å². The highest BCUT2D eigenvalue weighted by atomic mass is 16.4. The fraction of sp³-hybridized carbons (Fsp3) is 0.286. The molecule has 5 amide bonds. The van der Waals surface area contributed by atoms with Gasteiger partial charge in [0.05, 0.1) is 0 Å². The second kappa shape index (κ2) is 14.3. The third-order valence-electron chi connectivity index (χ3n) is 6.14. The molecule has 0 saturated heterocycles. The van der Waals surface area contributed by atoms with Crippen molar-refractivity contribution in [2.75, 3.05) is 13.1 Å². The number of aliphatic carboxylic acids is 1. The maximum Gasteiger partial charge on any atom is 0.322 e. The number of hydrogen-bond donors (Lipinski definition) is 6. The summed E-state index contributed by atoms with van der Waals surface area (Å²) in [6, 6.07) is 18.9. The Morgan fingerprint density at radius 3 is 2.13 bits per heavy atom. The molecule has 39 heavy (non-hydrogen) atoms. The lowest BCUT2D eigenvalue weighted by Crippen LogP contribution is -2.53. The summed E-state index contributed by atoms with van der Waals surface area (Å²) in [5.41, 5.74) is 13.3. The third-order valence-corrected chi connectivity index (χ3v) is 6.14. The molecule has 0 bridgehead atoms. The van der Waals surface area contributed by atoms with Crippen LogP contribution < -0.4 is 27.4 Å². The van der Waals surface area contributed by atoms with Gasteiger partial charge in [-0.1, -0.05) is 60.7 Å². The second-order valence-corrected chi connectivity index (χ2v) is 9.06. The summed E-state index contributed by atoms with van der Waals surface area (Å²) in [5, 5.41) is 19.0. The molecular weight excluding hydrogens is 500 g/mol. The first-order chi connectivity index (χ1) is 18.8. The lowest BCUT2D eigenvalue weighted by Gasteiger charge is -2.31. The van der Waals surface area contributed by atoms with Gasteiger partial charge in [-0.05, 0) is 52.9 Å². The Morgan fingerprint density at radius 1 is 0.821 bits per heavy atom. The minimum Gasteiger partial charge on any atom is -0.480 e. The van der Waals surface area contributed by atoms with Crippen LogP contribution >= 0.6 is 0 Å². The molecule has 3 aromatic carbocycles. The number of carboxylic acids is 1. The molecule has 3 rings (SSSR count). The number of fused-ring (bicyclic) bond motifs is 1. The van der Waals surface area contributed by atoms with E-state index in [9.17, 15) is 19.2 Å². The van der Waals surface area contributed by atoms with E-state index in [2.05, 4.69) is 16.0 Å². The molecule has 0 unspecified atom stereocenters. The highest BCUT2D eigenvalue weighted by Crippen LogP contribution is 2.17. The van der Waals surface area contributed by atoms with Crippen molar-refractivity contribution in [2.24, 2.45) is 11.5 Å². The van der Waals surface area contributed by atoms with Crippen molar-refractivity contribution in [3.05, 3.63) is 83.4 Å². The van der Waals surface area contributed by atoms with E-state index in [4.69, 9.17) is 16.6 Å². The van der Waals surface area contributed by atoms with Gasteiger partial charge >= 0.3 is 18.0 Å². The van der Waals surface area contributed by atoms with Crippen LogP contribution in [-0.4, -0.2) is 53.1 Å². The van der Waals surface area contributed by atoms with Crippen LogP contribution in [0.5, 0.6) is 0 Å². The van der Waals surface area contributed by atoms with Crippen molar-refractivity contribution in [1.29, 1.82) is 0 Å². The van der Waals surface area contributed by atoms with E-state index in [0.29, 0.717) is 13.0 Å². The van der Waals surface area contributed by atoms with Crippen LogP contribution in [-0.2, 0) is 29.2 Å². The number of rotatable bonds is 13. The molecule has 0 fully saturated rings. The van der Waals surface area contributed by atoms with Gasteiger partial charge in [-0.3, -0.25) is 9.59 Å². The summed E-state index contributed by atoms with van der Waals surface area (Å²) < 4.78 is 0. The molecule has 0 saturated carbocycles. The van der Waals surface area contributed by atoms with Crippen LogP contribution in [0, 0.1) is 0 Å². The molecule has 0 heterocycles. The van der Waals surface area contributed by atoms with E-state index in [0.717, 1.165) is 27.5 Å². The lowest BCUT2D eigenvalue weighted by molar-refractivity contribution is -0.138. The Labute approximate surface area is 226 Å². The maximum atomic E-state index is 13.5. The summed E-state index contributed by atoms with van der Waals surface area (Å²) in [6.07, 6.45) is 0.712.